The highest BCUT2D eigenvalue weighted by molar-refractivity contribution is 7.20. The molecule has 2 aromatic rings. The first-order chi connectivity index (χ1) is 8.41. The normalized spacial score (nSPS) is 11.7. The van der Waals surface area contributed by atoms with Gasteiger partial charge in [-0.05, 0) is 0 Å². The molecule has 0 radical (unpaired) electrons. The summed E-state index contributed by atoms with van der Waals surface area (Å²) in [6, 6.07) is 2.14. The highest BCUT2D eigenvalue weighted by atomic mass is 32.1. The molecule has 5 nitrogen and oxygen atoms in total. The first kappa shape index (κ1) is 12.8. The second kappa shape index (κ2) is 4.58. The summed E-state index contributed by atoms with van der Waals surface area (Å²) >= 11 is 1.55. The molecule has 0 aliphatic carbocycles. The molecule has 0 atom stereocenters. The van der Waals surface area contributed by atoms with Crippen molar-refractivity contribution in [2.75, 3.05) is 18.5 Å². The minimum atomic E-state index is 0.0420. The van der Waals surface area contributed by atoms with Gasteiger partial charge in [0.05, 0.1) is 24.4 Å². The largest absolute Gasteiger partial charge is 0.349 e. The van der Waals surface area contributed by atoms with E-state index in [0.29, 0.717) is 13.0 Å². The summed E-state index contributed by atoms with van der Waals surface area (Å²) in [7, 11) is 1.94. The summed E-state index contributed by atoms with van der Waals surface area (Å²) in [5.41, 5.74) is 1.09. The van der Waals surface area contributed by atoms with Crippen molar-refractivity contribution in [2.24, 2.45) is 0 Å². The molecule has 0 unspecified atom stereocenters. The summed E-state index contributed by atoms with van der Waals surface area (Å²) in [5.74, 6) is 0. The standard InChI is InChI=1S/C12H17N5S/c1-12(2,3)9-8-17-10(14-9)18-11(15-17)16(4)7-5-6-13/h8H,5,7H2,1-4H3. The molecule has 0 aromatic carbocycles. The maximum Gasteiger partial charge on any atom is 0.214 e. The molecular weight excluding hydrogens is 246 g/mol. The van der Waals surface area contributed by atoms with Gasteiger partial charge in [-0.3, -0.25) is 0 Å². The second-order valence-corrected chi connectivity index (χ2v) is 6.25. The Hall–Kier alpha value is -1.61. The lowest BCUT2D eigenvalue weighted by atomic mass is 9.93. The summed E-state index contributed by atoms with van der Waals surface area (Å²) in [5, 5.41) is 14.0. The lowest BCUT2D eigenvalue weighted by molar-refractivity contribution is 0.572. The number of anilines is 1. The lowest BCUT2D eigenvalue weighted by Crippen LogP contribution is -2.18. The minimum absolute atomic E-state index is 0.0420. The fraction of sp³-hybridized carbons (Fsp3) is 0.583. The van der Waals surface area contributed by atoms with Gasteiger partial charge < -0.3 is 4.90 Å². The van der Waals surface area contributed by atoms with Crippen LogP contribution in [0, 0.1) is 11.3 Å². The van der Waals surface area contributed by atoms with Gasteiger partial charge in [-0.2, -0.15) is 5.26 Å². The van der Waals surface area contributed by atoms with E-state index in [1.807, 2.05) is 22.7 Å². The smallest absolute Gasteiger partial charge is 0.214 e. The lowest BCUT2D eigenvalue weighted by Gasteiger charge is -2.14. The van der Waals surface area contributed by atoms with Gasteiger partial charge in [0.1, 0.15) is 0 Å². The van der Waals surface area contributed by atoms with E-state index in [1.54, 1.807) is 11.3 Å². The fourth-order valence-electron chi connectivity index (χ4n) is 1.52. The topological polar surface area (TPSA) is 57.2 Å². The fourth-order valence-corrected chi connectivity index (χ4v) is 2.39. The van der Waals surface area contributed by atoms with E-state index in [0.717, 1.165) is 15.8 Å². The van der Waals surface area contributed by atoms with Crippen molar-refractivity contribution in [2.45, 2.75) is 32.6 Å². The molecule has 2 aromatic heterocycles. The van der Waals surface area contributed by atoms with Crippen molar-refractivity contribution in [3.63, 3.8) is 0 Å². The van der Waals surface area contributed by atoms with Crippen LogP contribution in [0.1, 0.15) is 32.9 Å². The summed E-state index contributed by atoms with van der Waals surface area (Å²) in [6.07, 6.45) is 2.49. The summed E-state index contributed by atoms with van der Waals surface area (Å²) < 4.78 is 1.82. The molecule has 0 aliphatic heterocycles. The van der Waals surface area contributed by atoms with Crippen LogP contribution in [0.4, 0.5) is 5.13 Å². The molecule has 0 amide bonds. The zero-order valence-electron chi connectivity index (χ0n) is 11.1. The van der Waals surface area contributed by atoms with Crippen LogP contribution in [0.5, 0.6) is 0 Å². The number of fused-ring (bicyclic) bond motifs is 1. The molecule has 6 heteroatoms. The Balaban J connectivity index is 2.25. The van der Waals surface area contributed by atoms with Gasteiger partial charge in [0.25, 0.3) is 0 Å². The van der Waals surface area contributed by atoms with Crippen LogP contribution in [0.3, 0.4) is 0 Å². The molecule has 2 heterocycles. The van der Waals surface area contributed by atoms with Crippen molar-refractivity contribution >= 4 is 21.4 Å². The second-order valence-electron chi connectivity index (χ2n) is 5.32. The highest BCUT2D eigenvalue weighted by Gasteiger charge is 2.19. The molecule has 2 rings (SSSR count). The van der Waals surface area contributed by atoms with E-state index in [1.165, 1.54) is 0 Å². The Morgan fingerprint density at radius 1 is 1.50 bits per heavy atom. The Bertz CT molecular complexity index is 552. The number of nitrogens with zero attached hydrogens (tertiary/aromatic N) is 5. The number of aromatic nitrogens is 3. The van der Waals surface area contributed by atoms with Crippen LogP contribution >= 0.6 is 11.3 Å². The molecule has 0 N–H and O–H groups in total. The number of nitriles is 1. The van der Waals surface area contributed by atoms with E-state index >= 15 is 0 Å². The zero-order valence-corrected chi connectivity index (χ0v) is 12.0. The van der Waals surface area contributed by atoms with E-state index in [2.05, 4.69) is 36.9 Å². The number of hydrogen-bond donors (Lipinski definition) is 0. The first-order valence-corrected chi connectivity index (χ1v) is 6.68. The van der Waals surface area contributed by atoms with Gasteiger partial charge in [0, 0.05) is 19.0 Å². The minimum Gasteiger partial charge on any atom is -0.349 e. The van der Waals surface area contributed by atoms with Crippen molar-refractivity contribution in [3.8, 4) is 6.07 Å². The predicted octanol–water partition coefficient (Wildman–Crippen LogP) is 2.44. The molecule has 0 saturated carbocycles. The van der Waals surface area contributed by atoms with Gasteiger partial charge >= 0.3 is 0 Å². The van der Waals surface area contributed by atoms with Gasteiger partial charge in [-0.1, -0.05) is 32.1 Å². The average Bonchev–Trinajstić information content (AvgIpc) is 2.81. The highest BCUT2D eigenvalue weighted by Crippen LogP contribution is 2.26. The zero-order chi connectivity index (χ0) is 13.3. The average molecular weight is 263 g/mol. The Labute approximate surface area is 111 Å². The Morgan fingerprint density at radius 3 is 2.78 bits per heavy atom. The van der Waals surface area contributed by atoms with Crippen LogP contribution in [-0.2, 0) is 5.41 Å². The Morgan fingerprint density at radius 2 is 2.22 bits per heavy atom. The number of imidazole rings is 1. The van der Waals surface area contributed by atoms with Crippen molar-refractivity contribution < 1.29 is 0 Å². The molecule has 0 aliphatic rings. The van der Waals surface area contributed by atoms with E-state index in [-0.39, 0.29) is 5.41 Å². The monoisotopic (exact) mass is 263 g/mol. The SMILES string of the molecule is CN(CCC#N)c1nn2cc(C(C)(C)C)nc2s1. The third kappa shape index (κ3) is 2.46. The van der Waals surface area contributed by atoms with Crippen molar-refractivity contribution in [1.82, 2.24) is 14.6 Å². The number of hydrogen-bond acceptors (Lipinski definition) is 5. The Kier molecular flexibility index (Phi) is 3.26. The molecule has 0 fully saturated rings. The van der Waals surface area contributed by atoms with Crippen LogP contribution in [0.15, 0.2) is 6.20 Å². The molecule has 18 heavy (non-hydrogen) atoms. The van der Waals surface area contributed by atoms with E-state index in [4.69, 9.17) is 5.26 Å². The van der Waals surface area contributed by atoms with Gasteiger partial charge in [-0.25, -0.2) is 9.50 Å². The molecule has 0 saturated heterocycles. The molecule has 0 bridgehead atoms. The molecular formula is C12H17N5S. The summed E-state index contributed by atoms with van der Waals surface area (Å²) in [6.45, 7) is 7.11. The van der Waals surface area contributed by atoms with E-state index in [9.17, 15) is 0 Å². The molecule has 96 valence electrons. The van der Waals surface area contributed by atoms with Crippen LogP contribution in [0.25, 0.3) is 4.96 Å². The van der Waals surface area contributed by atoms with Crippen LogP contribution < -0.4 is 4.90 Å². The maximum atomic E-state index is 8.58. The molecule has 0 spiro atoms. The first-order valence-electron chi connectivity index (χ1n) is 5.86. The summed E-state index contributed by atoms with van der Waals surface area (Å²) in [4.78, 5) is 7.48. The maximum absolute atomic E-state index is 8.58. The third-order valence-corrected chi connectivity index (χ3v) is 3.72. The third-order valence-electron chi connectivity index (χ3n) is 2.69. The van der Waals surface area contributed by atoms with Crippen molar-refractivity contribution in [1.29, 1.82) is 5.26 Å². The van der Waals surface area contributed by atoms with Gasteiger partial charge in [0.15, 0.2) is 0 Å². The quantitative estimate of drug-likeness (QED) is 0.853. The van der Waals surface area contributed by atoms with Gasteiger partial charge in [0.2, 0.25) is 10.1 Å². The van der Waals surface area contributed by atoms with Crippen molar-refractivity contribution in [3.05, 3.63) is 11.9 Å². The van der Waals surface area contributed by atoms with Crippen LogP contribution in [-0.4, -0.2) is 28.2 Å². The van der Waals surface area contributed by atoms with Crippen LogP contribution in [0.2, 0.25) is 0 Å². The predicted molar refractivity (Wildman–Crippen MR) is 73.1 cm³/mol. The number of rotatable bonds is 3. The van der Waals surface area contributed by atoms with E-state index < -0.39 is 0 Å². The van der Waals surface area contributed by atoms with Gasteiger partial charge in [-0.15, -0.1) is 5.10 Å².